The van der Waals surface area contributed by atoms with E-state index in [2.05, 4.69) is 24.1 Å². The normalized spacial score (nSPS) is 19.8. The van der Waals surface area contributed by atoms with Gasteiger partial charge < -0.3 is 10.4 Å². The molecule has 0 amide bonds. The van der Waals surface area contributed by atoms with E-state index in [-0.39, 0.29) is 0 Å². The number of halogens is 1. The molecule has 1 aromatic carbocycles. The van der Waals surface area contributed by atoms with Crippen LogP contribution in [0, 0.1) is 0 Å². The molecule has 1 unspecified atom stereocenters. The van der Waals surface area contributed by atoms with Crippen molar-refractivity contribution in [2.45, 2.75) is 51.7 Å². The number of rotatable bonds is 5. The third kappa shape index (κ3) is 4.11. The van der Waals surface area contributed by atoms with Gasteiger partial charge in [-0.15, -0.1) is 0 Å². The van der Waals surface area contributed by atoms with Crippen molar-refractivity contribution in [3.8, 4) is 5.75 Å². The van der Waals surface area contributed by atoms with Crippen LogP contribution >= 0.6 is 11.6 Å². The minimum absolute atomic E-state index is 0.291. The van der Waals surface area contributed by atoms with Gasteiger partial charge >= 0.3 is 0 Å². The molecule has 1 aliphatic rings. The topological polar surface area (TPSA) is 35.5 Å². The van der Waals surface area contributed by atoms with Crippen LogP contribution in [0.3, 0.4) is 0 Å². The Bertz CT molecular complexity index is 410. The van der Waals surface area contributed by atoms with E-state index < -0.39 is 0 Å². The highest BCUT2D eigenvalue weighted by Crippen LogP contribution is 2.27. The summed E-state index contributed by atoms with van der Waals surface area (Å²) >= 11 is 6.22. The number of phenols is 1. The van der Waals surface area contributed by atoms with Crippen LogP contribution in [0.1, 0.15) is 38.7 Å². The van der Waals surface area contributed by atoms with E-state index in [0.717, 1.165) is 18.7 Å². The Kier molecular flexibility index (Phi) is 5.70. The number of phenolic OH excluding ortho intramolecular Hbond substituents is 1. The summed E-state index contributed by atoms with van der Waals surface area (Å²) in [4.78, 5) is 2.38. The first kappa shape index (κ1) is 15.6. The smallest absolute Gasteiger partial charge is 0.121 e. The van der Waals surface area contributed by atoms with Gasteiger partial charge in [0.05, 0.1) is 0 Å². The predicted molar refractivity (Wildman–Crippen MR) is 84.3 cm³/mol. The average Bonchev–Trinajstić information content (AvgIpc) is 2.42. The minimum Gasteiger partial charge on any atom is -0.508 e. The van der Waals surface area contributed by atoms with E-state index >= 15 is 0 Å². The molecule has 0 aromatic heterocycles. The van der Waals surface area contributed by atoms with Crippen LogP contribution in [0.2, 0.25) is 5.02 Å². The highest BCUT2D eigenvalue weighted by molar-refractivity contribution is 6.31. The number of hydrogen-bond donors (Lipinski definition) is 2. The molecular formula is C16H25ClN2O. The number of piperidine rings is 1. The van der Waals surface area contributed by atoms with Gasteiger partial charge in [-0.05, 0) is 45.4 Å². The molecule has 1 atom stereocenters. The van der Waals surface area contributed by atoms with Gasteiger partial charge in [0.25, 0.3) is 0 Å². The van der Waals surface area contributed by atoms with Gasteiger partial charge in [-0.3, -0.25) is 4.90 Å². The molecule has 1 aromatic rings. The molecule has 0 bridgehead atoms. The van der Waals surface area contributed by atoms with Crippen LogP contribution in [0.5, 0.6) is 5.75 Å². The second kappa shape index (κ2) is 7.30. The quantitative estimate of drug-likeness (QED) is 0.874. The van der Waals surface area contributed by atoms with Crippen molar-refractivity contribution in [2.24, 2.45) is 0 Å². The fraction of sp³-hybridized carbons (Fsp3) is 0.625. The summed E-state index contributed by atoms with van der Waals surface area (Å²) in [6.07, 6.45) is 3.82. The lowest BCUT2D eigenvalue weighted by atomic mass is 10.0. The summed E-state index contributed by atoms with van der Waals surface area (Å²) in [7, 11) is 0. The zero-order valence-electron chi connectivity index (χ0n) is 12.4. The fourth-order valence-corrected chi connectivity index (χ4v) is 2.96. The molecule has 1 fully saturated rings. The van der Waals surface area contributed by atoms with Crippen molar-refractivity contribution >= 4 is 11.6 Å². The van der Waals surface area contributed by atoms with E-state index in [0.29, 0.717) is 29.4 Å². The summed E-state index contributed by atoms with van der Waals surface area (Å²) in [6, 6.07) is 6.31. The van der Waals surface area contributed by atoms with Gasteiger partial charge in [-0.1, -0.05) is 24.1 Å². The Labute approximate surface area is 126 Å². The average molecular weight is 297 g/mol. The van der Waals surface area contributed by atoms with Crippen molar-refractivity contribution in [2.75, 3.05) is 13.1 Å². The second-order valence-electron chi connectivity index (χ2n) is 5.91. The molecule has 4 heteroatoms. The summed E-state index contributed by atoms with van der Waals surface area (Å²) < 4.78 is 0. The van der Waals surface area contributed by atoms with Gasteiger partial charge in [0.15, 0.2) is 0 Å². The van der Waals surface area contributed by atoms with Gasteiger partial charge in [0.2, 0.25) is 0 Å². The molecule has 0 aliphatic carbocycles. The first-order chi connectivity index (χ1) is 9.58. The maximum Gasteiger partial charge on any atom is 0.121 e. The van der Waals surface area contributed by atoms with Crippen molar-refractivity contribution in [1.82, 2.24) is 10.2 Å². The van der Waals surface area contributed by atoms with Crippen molar-refractivity contribution in [3.05, 3.63) is 28.8 Å². The lowest BCUT2D eigenvalue weighted by Gasteiger charge is -2.33. The zero-order chi connectivity index (χ0) is 14.5. The Balaban J connectivity index is 2.05. The molecular weight excluding hydrogens is 272 g/mol. The van der Waals surface area contributed by atoms with E-state index in [9.17, 15) is 5.11 Å². The molecule has 3 nitrogen and oxygen atoms in total. The van der Waals surface area contributed by atoms with Gasteiger partial charge in [-0.2, -0.15) is 0 Å². The summed E-state index contributed by atoms with van der Waals surface area (Å²) in [5, 5.41) is 14.2. The first-order valence-corrected chi connectivity index (χ1v) is 7.89. The molecule has 20 heavy (non-hydrogen) atoms. The minimum atomic E-state index is 0.291. The number of benzene rings is 1. The van der Waals surface area contributed by atoms with Crippen molar-refractivity contribution in [3.63, 3.8) is 0 Å². The Morgan fingerprint density at radius 2 is 2.20 bits per heavy atom. The number of nitrogens with one attached hydrogen (secondary N) is 1. The van der Waals surface area contributed by atoms with E-state index in [1.54, 1.807) is 12.1 Å². The number of hydrogen-bond acceptors (Lipinski definition) is 3. The van der Waals surface area contributed by atoms with Crippen LogP contribution in [0.4, 0.5) is 0 Å². The predicted octanol–water partition coefficient (Wildman–Crippen LogP) is 3.40. The number of nitrogens with zero attached hydrogens (tertiary/aromatic N) is 1. The van der Waals surface area contributed by atoms with Crippen molar-refractivity contribution < 1.29 is 5.11 Å². The summed E-state index contributed by atoms with van der Waals surface area (Å²) in [5.74, 6) is 0.291. The summed E-state index contributed by atoms with van der Waals surface area (Å²) in [6.45, 7) is 7.20. The van der Waals surface area contributed by atoms with Crippen LogP contribution < -0.4 is 5.32 Å². The van der Waals surface area contributed by atoms with Gasteiger partial charge in [0, 0.05) is 35.8 Å². The van der Waals surface area contributed by atoms with Crippen LogP contribution in [0.15, 0.2) is 18.2 Å². The third-order valence-electron chi connectivity index (χ3n) is 4.05. The molecule has 2 N–H and O–H groups in total. The molecule has 112 valence electrons. The molecule has 0 spiro atoms. The molecule has 1 aliphatic heterocycles. The third-order valence-corrected chi connectivity index (χ3v) is 4.41. The first-order valence-electron chi connectivity index (χ1n) is 7.51. The Morgan fingerprint density at radius 1 is 1.40 bits per heavy atom. The fourth-order valence-electron chi connectivity index (χ4n) is 2.73. The zero-order valence-corrected chi connectivity index (χ0v) is 13.2. The monoisotopic (exact) mass is 296 g/mol. The highest BCUT2D eigenvalue weighted by Gasteiger charge is 2.20. The maximum absolute atomic E-state index is 10.0. The van der Waals surface area contributed by atoms with E-state index in [1.165, 1.54) is 19.3 Å². The lowest BCUT2D eigenvalue weighted by molar-refractivity contribution is 0.175. The molecule has 0 saturated carbocycles. The second-order valence-corrected chi connectivity index (χ2v) is 6.31. The molecule has 1 saturated heterocycles. The standard InChI is InChI=1S/C16H25ClN2O/c1-12(2)19(10-13-6-3-4-9-18-13)11-14-15(17)7-5-8-16(14)20/h5,7-8,12-13,18,20H,3-4,6,9-11H2,1-2H3. The van der Waals surface area contributed by atoms with Crippen molar-refractivity contribution in [1.29, 1.82) is 0 Å². The maximum atomic E-state index is 10.0. The largest absolute Gasteiger partial charge is 0.508 e. The Hall–Kier alpha value is -0.770. The lowest BCUT2D eigenvalue weighted by Crippen LogP contribution is -2.45. The van der Waals surface area contributed by atoms with Gasteiger partial charge in [0.1, 0.15) is 5.75 Å². The molecule has 2 rings (SSSR count). The SMILES string of the molecule is CC(C)N(Cc1c(O)cccc1Cl)CC1CCCCN1. The van der Waals surface area contributed by atoms with E-state index in [1.807, 2.05) is 6.07 Å². The van der Waals surface area contributed by atoms with Crippen LogP contribution in [0.25, 0.3) is 0 Å². The van der Waals surface area contributed by atoms with Gasteiger partial charge in [-0.25, -0.2) is 0 Å². The van der Waals surface area contributed by atoms with Crippen LogP contribution in [-0.2, 0) is 6.54 Å². The Morgan fingerprint density at radius 3 is 2.80 bits per heavy atom. The summed E-state index contributed by atoms with van der Waals surface area (Å²) in [5.41, 5.74) is 0.832. The molecule has 0 radical (unpaired) electrons. The van der Waals surface area contributed by atoms with Crippen LogP contribution in [-0.4, -0.2) is 35.2 Å². The highest BCUT2D eigenvalue weighted by atomic mass is 35.5. The van der Waals surface area contributed by atoms with E-state index in [4.69, 9.17) is 11.6 Å². The number of aromatic hydroxyl groups is 1. The molecule has 1 heterocycles.